The number of rotatable bonds is 2. The van der Waals surface area contributed by atoms with Crippen LogP contribution in [0.3, 0.4) is 0 Å². The van der Waals surface area contributed by atoms with Crippen molar-refractivity contribution in [2.24, 2.45) is 7.05 Å². The van der Waals surface area contributed by atoms with Gasteiger partial charge in [0.25, 0.3) is 0 Å². The monoisotopic (exact) mass is 194 g/mol. The first kappa shape index (κ1) is 8.25. The maximum absolute atomic E-state index is 5.06. The first-order valence-corrected chi connectivity index (χ1v) is 4.39. The van der Waals surface area contributed by atoms with Crippen LogP contribution in [0.15, 0.2) is 24.7 Å². The molecule has 0 aliphatic rings. The number of aryl methyl sites for hydroxylation is 1. The van der Waals surface area contributed by atoms with Gasteiger partial charge in [-0.25, -0.2) is 0 Å². The van der Waals surface area contributed by atoms with Crippen LogP contribution in [0.2, 0.25) is 0 Å². The summed E-state index contributed by atoms with van der Waals surface area (Å²) in [6.07, 6.45) is 5.66. The second-order valence-electron chi connectivity index (χ2n) is 2.87. The summed E-state index contributed by atoms with van der Waals surface area (Å²) >= 11 is 5.06. The van der Waals surface area contributed by atoms with Crippen molar-refractivity contribution in [2.75, 3.05) is 0 Å². The zero-order valence-electron chi connectivity index (χ0n) is 7.27. The quantitative estimate of drug-likeness (QED) is 0.732. The SMILES string of the molecule is Cn1ccc(Cn2cc[nH]c2=S)n1. The summed E-state index contributed by atoms with van der Waals surface area (Å²) in [6.45, 7) is 0.725. The van der Waals surface area contributed by atoms with E-state index in [2.05, 4.69) is 10.1 Å². The number of aromatic amines is 1. The number of imidazole rings is 1. The topological polar surface area (TPSA) is 38.5 Å². The fraction of sp³-hybridized carbons (Fsp3) is 0.250. The molecule has 0 fully saturated rings. The Bertz CT molecular complexity index is 450. The van der Waals surface area contributed by atoms with E-state index in [0.717, 1.165) is 17.0 Å². The second-order valence-corrected chi connectivity index (χ2v) is 3.26. The molecule has 0 aromatic carbocycles. The fourth-order valence-electron chi connectivity index (χ4n) is 1.20. The van der Waals surface area contributed by atoms with Gasteiger partial charge in [-0.1, -0.05) is 0 Å². The Kier molecular flexibility index (Phi) is 2.02. The van der Waals surface area contributed by atoms with Crippen LogP contribution in [0.5, 0.6) is 0 Å². The van der Waals surface area contributed by atoms with Crippen molar-refractivity contribution in [3.8, 4) is 0 Å². The van der Waals surface area contributed by atoms with Gasteiger partial charge in [0.15, 0.2) is 4.77 Å². The highest BCUT2D eigenvalue weighted by atomic mass is 32.1. The van der Waals surface area contributed by atoms with Crippen LogP contribution >= 0.6 is 12.2 Å². The highest BCUT2D eigenvalue weighted by Gasteiger charge is 1.98. The Hall–Kier alpha value is -1.36. The molecule has 4 nitrogen and oxygen atoms in total. The summed E-state index contributed by atoms with van der Waals surface area (Å²) in [7, 11) is 1.90. The van der Waals surface area contributed by atoms with E-state index in [1.807, 2.05) is 36.3 Å². The van der Waals surface area contributed by atoms with Crippen LogP contribution in [0.4, 0.5) is 0 Å². The maximum Gasteiger partial charge on any atom is 0.177 e. The van der Waals surface area contributed by atoms with Crippen LogP contribution < -0.4 is 0 Å². The summed E-state index contributed by atoms with van der Waals surface area (Å²) in [5.74, 6) is 0. The minimum absolute atomic E-state index is 0.725. The largest absolute Gasteiger partial charge is 0.337 e. The third kappa shape index (κ3) is 1.70. The molecule has 0 unspecified atom stereocenters. The molecule has 0 saturated carbocycles. The highest BCUT2D eigenvalue weighted by Crippen LogP contribution is 1.99. The molecule has 0 aliphatic heterocycles. The van der Waals surface area contributed by atoms with Gasteiger partial charge < -0.3 is 9.55 Å². The van der Waals surface area contributed by atoms with E-state index >= 15 is 0 Å². The molecule has 13 heavy (non-hydrogen) atoms. The predicted molar refractivity (Wildman–Crippen MR) is 51.9 cm³/mol. The van der Waals surface area contributed by atoms with Crippen molar-refractivity contribution in [1.29, 1.82) is 0 Å². The van der Waals surface area contributed by atoms with Gasteiger partial charge in [-0.2, -0.15) is 5.10 Å². The number of H-pyrrole nitrogens is 1. The fourth-order valence-corrected chi connectivity index (χ4v) is 1.39. The van der Waals surface area contributed by atoms with Crippen molar-refractivity contribution in [3.05, 3.63) is 35.1 Å². The van der Waals surface area contributed by atoms with Crippen molar-refractivity contribution < 1.29 is 0 Å². The maximum atomic E-state index is 5.06. The minimum Gasteiger partial charge on any atom is -0.337 e. The molecule has 68 valence electrons. The number of nitrogens with zero attached hydrogens (tertiary/aromatic N) is 3. The molecule has 5 heteroatoms. The molecule has 1 N–H and O–H groups in total. The predicted octanol–water partition coefficient (Wildman–Crippen LogP) is 1.33. The van der Waals surface area contributed by atoms with Gasteiger partial charge in [0.05, 0.1) is 12.2 Å². The Morgan fingerprint density at radius 2 is 2.38 bits per heavy atom. The van der Waals surface area contributed by atoms with Gasteiger partial charge in [-0.15, -0.1) is 0 Å². The third-order valence-corrected chi connectivity index (χ3v) is 2.18. The molecule has 2 aromatic rings. The van der Waals surface area contributed by atoms with Gasteiger partial charge >= 0.3 is 0 Å². The van der Waals surface area contributed by atoms with Crippen LogP contribution in [-0.2, 0) is 13.6 Å². The van der Waals surface area contributed by atoms with Gasteiger partial charge in [-0.3, -0.25) is 4.68 Å². The molecule has 0 spiro atoms. The first-order chi connectivity index (χ1) is 6.25. The van der Waals surface area contributed by atoms with Crippen LogP contribution in [0.25, 0.3) is 0 Å². The van der Waals surface area contributed by atoms with E-state index in [9.17, 15) is 0 Å². The Morgan fingerprint density at radius 3 is 2.92 bits per heavy atom. The molecular weight excluding hydrogens is 184 g/mol. The molecule has 0 amide bonds. The molecule has 0 aliphatic carbocycles. The molecule has 0 saturated heterocycles. The highest BCUT2D eigenvalue weighted by molar-refractivity contribution is 7.71. The zero-order chi connectivity index (χ0) is 9.26. The summed E-state index contributed by atoms with van der Waals surface area (Å²) < 4.78 is 4.45. The van der Waals surface area contributed by atoms with Crippen molar-refractivity contribution in [1.82, 2.24) is 19.3 Å². The number of nitrogens with one attached hydrogen (secondary N) is 1. The van der Waals surface area contributed by atoms with E-state index in [0.29, 0.717) is 0 Å². The summed E-state index contributed by atoms with van der Waals surface area (Å²) in [6, 6.07) is 1.98. The lowest BCUT2D eigenvalue weighted by atomic mass is 10.4. The van der Waals surface area contributed by atoms with Crippen LogP contribution in [-0.4, -0.2) is 19.3 Å². The Morgan fingerprint density at radius 1 is 1.54 bits per heavy atom. The lowest BCUT2D eigenvalue weighted by molar-refractivity contribution is 0.701. The molecule has 0 atom stereocenters. The van der Waals surface area contributed by atoms with E-state index in [4.69, 9.17) is 12.2 Å². The lowest BCUT2D eigenvalue weighted by Gasteiger charge is -1.97. The molecule has 0 radical (unpaired) electrons. The first-order valence-electron chi connectivity index (χ1n) is 3.98. The van der Waals surface area contributed by atoms with Gasteiger partial charge in [0.2, 0.25) is 0 Å². The molecule has 2 heterocycles. The van der Waals surface area contributed by atoms with E-state index in [-0.39, 0.29) is 0 Å². The number of hydrogen-bond acceptors (Lipinski definition) is 2. The van der Waals surface area contributed by atoms with E-state index in [1.54, 1.807) is 4.68 Å². The molecule has 2 aromatic heterocycles. The van der Waals surface area contributed by atoms with Gasteiger partial charge in [0, 0.05) is 25.6 Å². The minimum atomic E-state index is 0.725. The van der Waals surface area contributed by atoms with Crippen molar-refractivity contribution in [3.63, 3.8) is 0 Å². The number of aromatic nitrogens is 4. The van der Waals surface area contributed by atoms with Gasteiger partial charge in [-0.05, 0) is 18.3 Å². The average molecular weight is 194 g/mol. The smallest absolute Gasteiger partial charge is 0.177 e. The average Bonchev–Trinajstić information content (AvgIpc) is 2.64. The second kappa shape index (κ2) is 3.18. The molecule has 2 rings (SSSR count). The third-order valence-electron chi connectivity index (χ3n) is 1.82. The summed E-state index contributed by atoms with van der Waals surface area (Å²) in [5, 5.41) is 4.26. The standard InChI is InChI=1S/C8H10N4S/c1-11-4-2-7(10-11)6-12-5-3-9-8(12)13/h2-5H,6H2,1H3,(H,9,13). The normalized spacial score (nSPS) is 10.5. The number of hydrogen-bond donors (Lipinski definition) is 1. The Balaban J connectivity index is 2.24. The van der Waals surface area contributed by atoms with Gasteiger partial charge in [0.1, 0.15) is 0 Å². The lowest BCUT2D eigenvalue weighted by Crippen LogP contribution is -1.99. The molecular formula is C8H10N4S. The van der Waals surface area contributed by atoms with E-state index in [1.165, 1.54) is 0 Å². The van der Waals surface area contributed by atoms with Crippen LogP contribution in [0, 0.1) is 4.77 Å². The van der Waals surface area contributed by atoms with Crippen molar-refractivity contribution in [2.45, 2.75) is 6.54 Å². The van der Waals surface area contributed by atoms with E-state index < -0.39 is 0 Å². The summed E-state index contributed by atoms with van der Waals surface area (Å²) in [5.41, 5.74) is 1.01. The van der Waals surface area contributed by atoms with Crippen LogP contribution in [0.1, 0.15) is 5.69 Å². The molecule has 0 bridgehead atoms. The Labute approximate surface area is 80.8 Å². The summed E-state index contributed by atoms with van der Waals surface area (Å²) in [4.78, 5) is 2.94. The van der Waals surface area contributed by atoms with Crippen molar-refractivity contribution >= 4 is 12.2 Å². The zero-order valence-corrected chi connectivity index (χ0v) is 8.08.